The topological polar surface area (TPSA) is 61.9 Å². The largest absolute Gasteiger partial charge is 0.488 e. The van der Waals surface area contributed by atoms with Gasteiger partial charge in [0.1, 0.15) is 12.4 Å². The molecule has 0 bridgehead atoms. The molecule has 1 heterocycles. The first-order chi connectivity index (χ1) is 17.5. The summed E-state index contributed by atoms with van der Waals surface area (Å²) in [5, 5.41) is 1.12. The molecule has 2 amide bonds. The first-order valence-electron chi connectivity index (χ1n) is 11.7. The molecule has 184 valence electrons. The van der Waals surface area contributed by atoms with E-state index >= 15 is 0 Å². The minimum absolute atomic E-state index is 0.266. The standard InChI is InChI=1S/C28H27N3O3S2/c1-3-30(4-2)23-16-15-22(24(18-23)34-19-20-11-7-5-8-12-20)17-25-27(33)31(28(35)36-25)29-26(32)21-13-9-6-10-14-21/h5-18H,3-4,19H2,1-2H3,(H,29,32)/b25-17+. The Morgan fingerprint density at radius 1 is 1.03 bits per heavy atom. The molecule has 0 atom stereocenters. The molecule has 3 aromatic carbocycles. The number of nitrogens with one attached hydrogen (secondary N) is 1. The predicted octanol–water partition coefficient (Wildman–Crippen LogP) is 5.66. The first kappa shape index (κ1) is 25.5. The fraction of sp³-hybridized carbons (Fsp3) is 0.179. The minimum atomic E-state index is -0.399. The molecule has 1 fully saturated rings. The van der Waals surface area contributed by atoms with Gasteiger partial charge in [-0.3, -0.25) is 15.0 Å². The van der Waals surface area contributed by atoms with Crippen molar-refractivity contribution >= 4 is 51.9 Å². The van der Waals surface area contributed by atoms with Crippen LogP contribution in [0.2, 0.25) is 0 Å². The number of benzene rings is 3. The number of rotatable bonds is 9. The Balaban J connectivity index is 1.59. The van der Waals surface area contributed by atoms with Gasteiger partial charge in [-0.1, -0.05) is 60.3 Å². The molecule has 0 aliphatic carbocycles. The summed E-state index contributed by atoms with van der Waals surface area (Å²) in [7, 11) is 0. The van der Waals surface area contributed by atoms with Crippen LogP contribution in [0.15, 0.2) is 83.8 Å². The van der Waals surface area contributed by atoms with Crippen LogP contribution < -0.4 is 15.1 Å². The summed E-state index contributed by atoms with van der Waals surface area (Å²) in [5.74, 6) is -0.110. The second kappa shape index (κ2) is 11.9. The van der Waals surface area contributed by atoms with Crippen molar-refractivity contribution in [3.05, 3.63) is 100 Å². The maximum atomic E-state index is 13.1. The summed E-state index contributed by atoms with van der Waals surface area (Å²) in [5.41, 5.74) is 5.91. The van der Waals surface area contributed by atoms with Crippen molar-refractivity contribution in [3.8, 4) is 5.75 Å². The summed E-state index contributed by atoms with van der Waals surface area (Å²) in [6, 6.07) is 24.6. The Kier molecular flexibility index (Phi) is 8.40. The fourth-order valence-corrected chi connectivity index (χ4v) is 4.92. The van der Waals surface area contributed by atoms with E-state index in [4.69, 9.17) is 17.0 Å². The maximum absolute atomic E-state index is 13.1. The van der Waals surface area contributed by atoms with E-state index < -0.39 is 5.91 Å². The number of hydrogen-bond donors (Lipinski definition) is 1. The van der Waals surface area contributed by atoms with Gasteiger partial charge in [0.05, 0.1) is 4.91 Å². The molecular formula is C28H27N3O3S2. The fourth-order valence-electron chi connectivity index (χ4n) is 3.75. The Morgan fingerprint density at radius 2 is 1.69 bits per heavy atom. The van der Waals surface area contributed by atoms with Crippen molar-refractivity contribution in [2.24, 2.45) is 0 Å². The molecule has 1 aliphatic heterocycles. The second-order valence-corrected chi connectivity index (χ2v) is 9.67. The zero-order chi connectivity index (χ0) is 25.5. The van der Waals surface area contributed by atoms with Crippen molar-refractivity contribution in [3.63, 3.8) is 0 Å². The van der Waals surface area contributed by atoms with Crippen LogP contribution in [0.5, 0.6) is 5.75 Å². The van der Waals surface area contributed by atoms with Gasteiger partial charge in [-0.05, 0) is 62.0 Å². The smallest absolute Gasteiger partial charge is 0.285 e. The van der Waals surface area contributed by atoms with Crippen LogP contribution >= 0.6 is 24.0 Å². The molecule has 1 N–H and O–H groups in total. The molecule has 0 saturated carbocycles. The molecule has 4 rings (SSSR count). The van der Waals surface area contributed by atoms with E-state index in [-0.39, 0.29) is 10.2 Å². The van der Waals surface area contributed by atoms with Gasteiger partial charge in [0.25, 0.3) is 11.8 Å². The van der Waals surface area contributed by atoms with Crippen LogP contribution in [0.1, 0.15) is 35.3 Å². The Morgan fingerprint density at radius 3 is 2.36 bits per heavy atom. The molecule has 36 heavy (non-hydrogen) atoms. The number of amides is 2. The zero-order valence-electron chi connectivity index (χ0n) is 20.1. The van der Waals surface area contributed by atoms with E-state index in [2.05, 4.69) is 24.2 Å². The van der Waals surface area contributed by atoms with Gasteiger partial charge in [-0.25, -0.2) is 0 Å². The molecule has 8 heteroatoms. The third kappa shape index (κ3) is 5.95. The molecular weight excluding hydrogens is 490 g/mol. The zero-order valence-corrected chi connectivity index (χ0v) is 21.8. The number of nitrogens with zero attached hydrogens (tertiary/aromatic N) is 2. The van der Waals surface area contributed by atoms with Crippen molar-refractivity contribution < 1.29 is 14.3 Å². The van der Waals surface area contributed by atoms with Crippen LogP contribution in [-0.4, -0.2) is 34.2 Å². The summed E-state index contributed by atoms with van der Waals surface area (Å²) in [6.07, 6.45) is 1.76. The molecule has 1 aliphatic rings. The number of thioether (sulfide) groups is 1. The molecule has 6 nitrogen and oxygen atoms in total. The van der Waals surface area contributed by atoms with Gasteiger partial charge in [0.2, 0.25) is 0 Å². The summed E-state index contributed by atoms with van der Waals surface area (Å²) >= 11 is 6.53. The van der Waals surface area contributed by atoms with Crippen molar-refractivity contribution in [2.45, 2.75) is 20.5 Å². The number of carbonyl (C=O) groups excluding carboxylic acids is 2. The lowest BCUT2D eigenvalue weighted by Gasteiger charge is -2.22. The van der Waals surface area contributed by atoms with E-state index in [0.717, 1.165) is 46.7 Å². The van der Waals surface area contributed by atoms with Gasteiger partial charge in [0.15, 0.2) is 4.32 Å². The van der Waals surface area contributed by atoms with Crippen LogP contribution in [-0.2, 0) is 11.4 Å². The normalized spacial score (nSPS) is 14.3. The third-order valence-corrected chi connectivity index (χ3v) is 6.99. The third-order valence-electron chi connectivity index (χ3n) is 5.69. The van der Waals surface area contributed by atoms with Crippen LogP contribution in [0.25, 0.3) is 6.08 Å². The summed E-state index contributed by atoms with van der Waals surface area (Å²) < 4.78 is 6.48. The lowest BCUT2D eigenvalue weighted by Crippen LogP contribution is -2.44. The average Bonchev–Trinajstić information content (AvgIpc) is 3.17. The minimum Gasteiger partial charge on any atom is -0.488 e. The Labute approximate surface area is 220 Å². The lowest BCUT2D eigenvalue weighted by molar-refractivity contribution is -0.123. The predicted molar refractivity (Wildman–Crippen MR) is 150 cm³/mol. The van der Waals surface area contributed by atoms with Gasteiger partial charge < -0.3 is 9.64 Å². The SMILES string of the molecule is CCN(CC)c1ccc(/C=C2/SC(=S)N(NC(=O)c3ccccc3)C2=O)c(OCc2ccccc2)c1. The molecule has 3 aromatic rings. The highest BCUT2D eigenvalue weighted by Gasteiger charge is 2.34. The molecule has 1 saturated heterocycles. The number of anilines is 1. The van der Waals surface area contributed by atoms with E-state index in [1.54, 1.807) is 30.3 Å². The van der Waals surface area contributed by atoms with Gasteiger partial charge in [-0.15, -0.1) is 0 Å². The highest BCUT2D eigenvalue weighted by molar-refractivity contribution is 8.26. The second-order valence-electron chi connectivity index (χ2n) is 7.99. The Hall–Kier alpha value is -3.62. The molecule has 0 aromatic heterocycles. The number of thiocarbonyl (C=S) groups is 1. The van der Waals surface area contributed by atoms with Crippen LogP contribution in [0, 0.1) is 0 Å². The van der Waals surface area contributed by atoms with E-state index in [1.807, 2.05) is 54.6 Å². The maximum Gasteiger partial charge on any atom is 0.285 e. The number of ether oxygens (including phenoxy) is 1. The molecule has 0 spiro atoms. The molecule has 0 radical (unpaired) electrons. The average molecular weight is 518 g/mol. The van der Waals surface area contributed by atoms with Gasteiger partial charge in [-0.2, -0.15) is 5.01 Å². The van der Waals surface area contributed by atoms with Gasteiger partial charge in [0, 0.05) is 36.0 Å². The first-order valence-corrected chi connectivity index (χ1v) is 12.9. The van der Waals surface area contributed by atoms with E-state index in [1.165, 1.54) is 0 Å². The highest BCUT2D eigenvalue weighted by Crippen LogP contribution is 2.35. The monoisotopic (exact) mass is 517 g/mol. The highest BCUT2D eigenvalue weighted by atomic mass is 32.2. The molecule has 0 unspecified atom stereocenters. The van der Waals surface area contributed by atoms with Crippen molar-refractivity contribution in [1.82, 2.24) is 10.4 Å². The van der Waals surface area contributed by atoms with E-state index in [9.17, 15) is 9.59 Å². The summed E-state index contributed by atoms with van der Waals surface area (Å²) in [6.45, 7) is 6.35. The number of hydrazine groups is 1. The van der Waals surface area contributed by atoms with Crippen molar-refractivity contribution in [1.29, 1.82) is 0 Å². The van der Waals surface area contributed by atoms with Crippen LogP contribution in [0.3, 0.4) is 0 Å². The quantitative estimate of drug-likeness (QED) is 0.292. The van der Waals surface area contributed by atoms with Crippen molar-refractivity contribution in [2.75, 3.05) is 18.0 Å². The van der Waals surface area contributed by atoms with E-state index in [0.29, 0.717) is 22.8 Å². The number of hydrogen-bond acceptors (Lipinski definition) is 6. The number of carbonyl (C=O) groups is 2. The Bertz CT molecular complexity index is 1280. The van der Waals surface area contributed by atoms with Crippen LogP contribution in [0.4, 0.5) is 5.69 Å². The lowest BCUT2D eigenvalue weighted by atomic mass is 10.1. The van der Waals surface area contributed by atoms with Gasteiger partial charge >= 0.3 is 0 Å². The summed E-state index contributed by atoms with van der Waals surface area (Å²) in [4.78, 5) is 28.3.